The largest absolute Gasteiger partial charge is 0.330 e. The lowest BCUT2D eigenvalue weighted by Crippen LogP contribution is -1.89. The molecule has 26 heavy (non-hydrogen) atoms. The minimum absolute atomic E-state index is 0.691. The summed E-state index contributed by atoms with van der Waals surface area (Å²) in [6.45, 7) is 2.06. The fraction of sp³-hybridized carbons (Fsp3) is 0.0556. The van der Waals surface area contributed by atoms with E-state index in [9.17, 15) is 0 Å². The third-order valence-corrected chi connectivity index (χ3v) is 5.35. The zero-order valence-electron chi connectivity index (χ0n) is 13.7. The second-order valence-corrected chi connectivity index (χ2v) is 7.85. The van der Waals surface area contributed by atoms with Gasteiger partial charge in [0.05, 0.1) is 5.69 Å². The summed E-state index contributed by atoms with van der Waals surface area (Å²) in [5.41, 5.74) is 4.13. The summed E-state index contributed by atoms with van der Waals surface area (Å²) in [4.78, 5) is 4.59. The monoisotopic (exact) mass is 399 g/mol. The van der Waals surface area contributed by atoms with E-state index in [1.54, 1.807) is 0 Å². The van der Waals surface area contributed by atoms with Gasteiger partial charge in [0.1, 0.15) is 0 Å². The Hall–Kier alpha value is -2.48. The maximum Gasteiger partial charge on any atom is 0.213 e. The van der Waals surface area contributed by atoms with E-state index in [0.29, 0.717) is 10.2 Å². The van der Waals surface area contributed by atoms with E-state index in [1.165, 1.54) is 28.2 Å². The Morgan fingerprint density at radius 2 is 1.54 bits per heavy atom. The molecule has 0 saturated carbocycles. The van der Waals surface area contributed by atoms with Gasteiger partial charge in [-0.25, -0.2) is 4.98 Å². The first-order valence-electron chi connectivity index (χ1n) is 7.81. The second-order valence-electron chi connectivity index (χ2n) is 5.57. The van der Waals surface area contributed by atoms with Crippen molar-refractivity contribution in [2.75, 3.05) is 10.6 Å². The molecule has 2 heterocycles. The Morgan fingerprint density at radius 3 is 2.27 bits per heavy atom. The van der Waals surface area contributed by atoms with Gasteiger partial charge >= 0.3 is 0 Å². The van der Waals surface area contributed by atoms with Crippen molar-refractivity contribution in [3.8, 4) is 11.3 Å². The van der Waals surface area contributed by atoms with Gasteiger partial charge < -0.3 is 10.6 Å². The van der Waals surface area contributed by atoms with Crippen LogP contribution in [0.2, 0.25) is 5.02 Å². The molecular formula is C18H14ClN5S2. The zero-order valence-corrected chi connectivity index (χ0v) is 16.1. The summed E-state index contributed by atoms with van der Waals surface area (Å²) in [5.74, 6) is 0. The molecule has 4 rings (SSSR count). The van der Waals surface area contributed by atoms with Crippen LogP contribution in [-0.2, 0) is 0 Å². The molecule has 0 amide bonds. The molecule has 0 atom stereocenters. The molecule has 5 nitrogen and oxygen atoms in total. The van der Waals surface area contributed by atoms with Crippen molar-refractivity contribution in [2.24, 2.45) is 0 Å². The topological polar surface area (TPSA) is 62.7 Å². The van der Waals surface area contributed by atoms with Crippen molar-refractivity contribution in [2.45, 2.75) is 6.92 Å². The zero-order chi connectivity index (χ0) is 17.9. The van der Waals surface area contributed by atoms with Crippen LogP contribution in [0, 0.1) is 6.92 Å². The molecule has 0 aliphatic heterocycles. The Kier molecular flexibility index (Phi) is 4.83. The number of benzene rings is 2. The third kappa shape index (κ3) is 4.01. The molecule has 0 saturated heterocycles. The normalized spacial score (nSPS) is 10.7. The van der Waals surface area contributed by atoms with Crippen molar-refractivity contribution in [1.82, 2.24) is 15.2 Å². The number of thiazole rings is 1. The van der Waals surface area contributed by atoms with Crippen LogP contribution in [0.15, 0.2) is 53.9 Å². The van der Waals surface area contributed by atoms with Crippen LogP contribution in [-0.4, -0.2) is 15.2 Å². The molecule has 2 aromatic carbocycles. The van der Waals surface area contributed by atoms with Gasteiger partial charge in [-0.1, -0.05) is 52.8 Å². The highest BCUT2D eigenvalue weighted by Gasteiger charge is 2.09. The van der Waals surface area contributed by atoms with Crippen LogP contribution < -0.4 is 10.6 Å². The summed E-state index contributed by atoms with van der Waals surface area (Å²) in [6, 6.07) is 15.8. The van der Waals surface area contributed by atoms with Crippen LogP contribution in [0.1, 0.15) is 5.56 Å². The average molecular weight is 400 g/mol. The van der Waals surface area contributed by atoms with Gasteiger partial charge in [0, 0.05) is 21.7 Å². The predicted octanol–water partition coefficient (Wildman–Crippen LogP) is 6.11. The first-order chi connectivity index (χ1) is 12.7. The molecule has 0 fully saturated rings. The Morgan fingerprint density at radius 1 is 0.846 bits per heavy atom. The molecule has 2 N–H and O–H groups in total. The molecule has 0 bridgehead atoms. The first kappa shape index (κ1) is 17.0. The second kappa shape index (κ2) is 7.41. The average Bonchev–Trinajstić information content (AvgIpc) is 3.28. The van der Waals surface area contributed by atoms with Gasteiger partial charge in [-0.15, -0.1) is 21.5 Å². The van der Waals surface area contributed by atoms with Crippen molar-refractivity contribution in [3.63, 3.8) is 0 Å². The number of rotatable bonds is 5. The van der Waals surface area contributed by atoms with E-state index >= 15 is 0 Å². The van der Waals surface area contributed by atoms with Gasteiger partial charge in [0.2, 0.25) is 10.3 Å². The molecule has 130 valence electrons. The molecule has 0 spiro atoms. The smallest absolute Gasteiger partial charge is 0.213 e. The number of hydrogen-bond donors (Lipinski definition) is 2. The minimum Gasteiger partial charge on any atom is -0.330 e. The van der Waals surface area contributed by atoms with Crippen LogP contribution in [0.25, 0.3) is 11.3 Å². The SMILES string of the molecule is Cc1ccc(Nc2nnc(Nc3nc(-c4ccc(Cl)cc4)cs3)s2)cc1. The fourth-order valence-electron chi connectivity index (χ4n) is 2.26. The minimum atomic E-state index is 0.691. The number of nitrogens with zero attached hydrogens (tertiary/aromatic N) is 3. The fourth-order valence-corrected chi connectivity index (χ4v) is 3.83. The standard InChI is InChI=1S/C18H14ClN5S2/c1-11-2-8-14(9-3-11)20-17-23-24-18(26-17)22-16-21-15(10-25-16)12-4-6-13(19)7-5-12/h2-10H,1H3,(H,20,23)(H,21,22,24). The lowest BCUT2D eigenvalue weighted by atomic mass is 10.2. The van der Waals surface area contributed by atoms with Crippen molar-refractivity contribution in [1.29, 1.82) is 0 Å². The van der Waals surface area contributed by atoms with Crippen molar-refractivity contribution >= 4 is 55.4 Å². The van der Waals surface area contributed by atoms with Gasteiger partial charge in [-0.2, -0.15) is 0 Å². The molecule has 0 unspecified atom stereocenters. The van der Waals surface area contributed by atoms with E-state index < -0.39 is 0 Å². The molecule has 8 heteroatoms. The highest BCUT2D eigenvalue weighted by Crippen LogP contribution is 2.30. The number of aryl methyl sites for hydroxylation is 1. The van der Waals surface area contributed by atoms with E-state index in [-0.39, 0.29) is 0 Å². The maximum atomic E-state index is 5.93. The number of hydrogen-bond acceptors (Lipinski definition) is 7. The summed E-state index contributed by atoms with van der Waals surface area (Å²) in [7, 11) is 0. The highest BCUT2D eigenvalue weighted by molar-refractivity contribution is 7.19. The molecule has 0 radical (unpaired) electrons. The Bertz CT molecular complexity index is 1010. The number of anilines is 4. The summed E-state index contributed by atoms with van der Waals surface area (Å²) >= 11 is 8.89. The van der Waals surface area contributed by atoms with Crippen molar-refractivity contribution < 1.29 is 0 Å². The van der Waals surface area contributed by atoms with Crippen LogP contribution in [0.5, 0.6) is 0 Å². The van der Waals surface area contributed by atoms with E-state index in [0.717, 1.165) is 27.2 Å². The molecule has 0 aliphatic carbocycles. The van der Waals surface area contributed by atoms with Crippen LogP contribution in [0.3, 0.4) is 0 Å². The Labute approximate surface area is 163 Å². The maximum absolute atomic E-state index is 5.93. The molecule has 2 aromatic heterocycles. The van der Waals surface area contributed by atoms with Gasteiger partial charge in [-0.05, 0) is 31.2 Å². The van der Waals surface area contributed by atoms with Crippen LogP contribution >= 0.6 is 34.3 Å². The molecule has 4 aromatic rings. The quantitative estimate of drug-likeness (QED) is 0.423. The predicted molar refractivity (Wildman–Crippen MR) is 110 cm³/mol. The highest BCUT2D eigenvalue weighted by atomic mass is 35.5. The number of aromatic nitrogens is 3. The Balaban J connectivity index is 1.44. The number of nitrogens with one attached hydrogen (secondary N) is 2. The summed E-state index contributed by atoms with van der Waals surface area (Å²) < 4.78 is 0. The number of halogens is 1. The van der Waals surface area contributed by atoms with Gasteiger partial charge in [0.25, 0.3) is 0 Å². The lowest BCUT2D eigenvalue weighted by molar-refractivity contribution is 1.09. The van der Waals surface area contributed by atoms with Gasteiger partial charge in [-0.3, -0.25) is 0 Å². The lowest BCUT2D eigenvalue weighted by Gasteiger charge is -2.01. The van der Waals surface area contributed by atoms with E-state index in [2.05, 4.69) is 44.9 Å². The van der Waals surface area contributed by atoms with Crippen molar-refractivity contribution in [3.05, 3.63) is 64.5 Å². The third-order valence-electron chi connectivity index (χ3n) is 3.59. The molecule has 0 aliphatic rings. The summed E-state index contributed by atoms with van der Waals surface area (Å²) in [6.07, 6.45) is 0. The first-order valence-corrected chi connectivity index (χ1v) is 9.89. The van der Waals surface area contributed by atoms with Gasteiger partial charge in [0.15, 0.2) is 5.13 Å². The van der Waals surface area contributed by atoms with E-state index in [4.69, 9.17) is 11.6 Å². The summed E-state index contributed by atoms with van der Waals surface area (Å²) in [5, 5.41) is 19.7. The van der Waals surface area contributed by atoms with E-state index in [1.807, 2.05) is 41.8 Å². The molecular weight excluding hydrogens is 386 g/mol. The van der Waals surface area contributed by atoms with Crippen LogP contribution in [0.4, 0.5) is 21.1 Å².